The summed E-state index contributed by atoms with van der Waals surface area (Å²) in [6.07, 6.45) is -5.20. The molecule has 1 rings (SSSR count). The zero-order valence-corrected chi connectivity index (χ0v) is 18.5. The fraction of sp³-hybridized carbons (Fsp3) is 0.684. The van der Waals surface area contributed by atoms with Crippen molar-refractivity contribution in [1.82, 2.24) is 15.3 Å². The molecule has 34 heavy (non-hydrogen) atoms. The van der Waals surface area contributed by atoms with Crippen LogP contribution in [0.3, 0.4) is 0 Å². The minimum atomic E-state index is -1.25. The van der Waals surface area contributed by atoms with E-state index in [1.165, 1.54) is 0 Å². The maximum atomic E-state index is 12.8. The summed E-state index contributed by atoms with van der Waals surface area (Å²) >= 11 is 0. The monoisotopic (exact) mass is 491 g/mol. The average Bonchev–Trinajstić information content (AvgIpc) is 2.86. The van der Waals surface area contributed by atoms with Crippen molar-refractivity contribution in [2.75, 3.05) is 56.7 Å². The van der Waals surface area contributed by atoms with Crippen LogP contribution in [0.4, 0.5) is 11.6 Å². The number of rotatable bonds is 17. The molecule has 0 spiro atoms. The number of amides is 1. The Hall–Kier alpha value is -2.50. The van der Waals surface area contributed by atoms with Gasteiger partial charge in [-0.1, -0.05) is 0 Å². The highest BCUT2D eigenvalue weighted by Gasteiger charge is 2.24. The summed E-state index contributed by atoms with van der Waals surface area (Å²) in [5, 5.41) is 81.8. The van der Waals surface area contributed by atoms with Crippen LogP contribution in [-0.2, 0) is 0 Å². The Morgan fingerprint density at radius 2 is 1.12 bits per heavy atom. The van der Waals surface area contributed by atoms with Crippen molar-refractivity contribution in [3.05, 3.63) is 11.4 Å². The van der Waals surface area contributed by atoms with Crippen LogP contribution in [-0.4, -0.2) is 133 Å². The molecule has 15 nitrogen and oxygen atoms in total. The van der Waals surface area contributed by atoms with Gasteiger partial charge in [-0.15, -0.1) is 0 Å². The van der Waals surface area contributed by atoms with Gasteiger partial charge in [0.1, 0.15) is 0 Å². The zero-order chi connectivity index (χ0) is 25.7. The molecule has 0 aromatic carbocycles. The largest absolute Gasteiger partial charge is 0.394 e. The first-order valence-electron chi connectivity index (χ1n) is 10.5. The SMILES string of the molecule is O=C(CCC(O)CO)c1nc(NC[C@H](O)CO)c(C(=O)NCC(O)CO)nc1NC[C@H](O)CO. The Bertz CT molecular complexity index is 720. The molecular weight excluding hydrogens is 458 g/mol. The summed E-state index contributed by atoms with van der Waals surface area (Å²) in [4.78, 5) is 33.6. The minimum absolute atomic E-state index is 0.0943. The Labute approximate surface area is 195 Å². The van der Waals surface area contributed by atoms with Crippen LogP contribution < -0.4 is 16.0 Å². The molecule has 0 aliphatic carbocycles. The van der Waals surface area contributed by atoms with Crippen molar-refractivity contribution in [3.8, 4) is 0 Å². The summed E-state index contributed by atoms with van der Waals surface area (Å²) in [5.74, 6) is -1.96. The molecule has 0 bridgehead atoms. The molecule has 0 fully saturated rings. The zero-order valence-electron chi connectivity index (χ0n) is 18.5. The molecule has 1 aromatic heterocycles. The van der Waals surface area contributed by atoms with Crippen molar-refractivity contribution in [3.63, 3.8) is 0 Å². The number of aromatic nitrogens is 2. The molecule has 1 heterocycles. The van der Waals surface area contributed by atoms with Crippen LogP contribution in [0.15, 0.2) is 0 Å². The first-order valence-corrected chi connectivity index (χ1v) is 10.5. The average molecular weight is 491 g/mol. The lowest BCUT2D eigenvalue weighted by atomic mass is 10.1. The van der Waals surface area contributed by atoms with E-state index in [9.17, 15) is 30.0 Å². The number of carbonyl (C=O) groups is 2. The molecule has 0 saturated carbocycles. The normalized spacial score (nSPS) is 14.7. The van der Waals surface area contributed by atoms with Gasteiger partial charge >= 0.3 is 0 Å². The number of aliphatic hydroxyl groups is 8. The third-order valence-corrected chi connectivity index (χ3v) is 4.43. The van der Waals surface area contributed by atoms with E-state index < -0.39 is 62.5 Å². The number of carbonyl (C=O) groups excluding carboxylic acids is 2. The second kappa shape index (κ2) is 15.4. The molecule has 0 aliphatic rings. The number of nitrogens with one attached hydrogen (secondary N) is 3. The second-order valence-electron chi connectivity index (χ2n) is 7.40. The molecule has 1 amide bonds. The highest BCUT2D eigenvalue weighted by Crippen LogP contribution is 2.21. The Morgan fingerprint density at radius 3 is 1.62 bits per heavy atom. The summed E-state index contributed by atoms with van der Waals surface area (Å²) in [6.45, 7) is -3.23. The number of anilines is 2. The standard InChI is InChI=1S/C19H33N5O10/c25-6-10(29)1-2-14(33)15-17(20-3-11(30)7-26)24-16(19(34)22-5-13(32)9-28)18(23-15)21-4-12(31)8-27/h10-13,25-32H,1-9H2,(H,20,24)(H,21,23)(H,22,34)/t10?,11-,12-,13?/m0/s1. The van der Waals surface area contributed by atoms with Crippen LogP contribution in [0.2, 0.25) is 0 Å². The number of hydrogen-bond acceptors (Lipinski definition) is 14. The lowest BCUT2D eigenvalue weighted by Gasteiger charge is -2.18. The van der Waals surface area contributed by atoms with Crippen LogP contribution in [0.5, 0.6) is 0 Å². The third-order valence-electron chi connectivity index (χ3n) is 4.43. The summed E-state index contributed by atoms with van der Waals surface area (Å²) in [7, 11) is 0. The smallest absolute Gasteiger partial charge is 0.273 e. The number of ketones is 1. The molecule has 15 heteroatoms. The quantitative estimate of drug-likeness (QED) is 0.0917. The molecular formula is C19H33N5O10. The van der Waals surface area contributed by atoms with E-state index in [1.807, 2.05) is 0 Å². The number of nitrogens with zero attached hydrogens (tertiary/aromatic N) is 2. The van der Waals surface area contributed by atoms with Gasteiger partial charge in [-0.3, -0.25) is 9.59 Å². The van der Waals surface area contributed by atoms with Crippen molar-refractivity contribution < 1.29 is 50.4 Å². The van der Waals surface area contributed by atoms with E-state index in [1.54, 1.807) is 0 Å². The van der Waals surface area contributed by atoms with Gasteiger partial charge in [0.2, 0.25) is 0 Å². The number of hydrogen-bond donors (Lipinski definition) is 11. The van der Waals surface area contributed by atoms with Gasteiger partial charge in [0.25, 0.3) is 5.91 Å². The second-order valence-corrected chi connectivity index (χ2v) is 7.40. The van der Waals surface area contributed by atoms with Gasteiger partial charge in [-0.25, -0.2) is 9.97 Å². The van der Waals surface area contributed by atoms with E-state index in [0.29, 0.717) is 0 Å². The predicted octanol–water partition coefficient (Wildman–Crippen LogP) is -4.59. The van der Waals surface area contributed by atoms with Crippen molar-refractivity contribution >= 4 is 23.3 Å². The minimum Gasteiger partial charge on any atom is -0.394 e. The van der Waals surface area contributed by atoms with Crippen LogP contribution >= 0.6 is 0 Å². The lowest BCUT2D eigenvalue weighted by Crippen LogP contribution is -2.36. The Morgan fingerprint density at radius 1 is 0.676 bits per heavy atom. The molecule has 2 unspecified atom stereocenters. The topological polar surface area (TPSA) is 258 Å². The fourth-order valence-corrected chi connectivity index (χ4v) is 2.46. The summed E-state index contributed by atoms with van der Waals surface area (Å²) in [6, 6.07) is 0. The van der Waals surface area contributed by atoms with E-state index in [0.717, 1.165) is 0 Å². The molecule has 0 radical (unpaired) electrons. The van der Waals surface area contributed by atoms with E-state index >= 15 is 0 Å². The molecule has 1 aromatic rings. The molecule has 194 valence electrons. The van der Waals surface area contributed by atoms with Crippen molar-refractivity contribution in [1.29, 1.82) is 0 Å². The summed E-state index contributed by atoms with van der Waals surface area (Å²) < 4.78 is 0. The molecule has 0 saturated heterocycles. The Kier molecular flexibility index (Phi) is 13.4. The fourth-order valence-electron chi connectivity index (χ4n) is 2.46. The first kappa shape index (κ1) is 29.5. The van der Waals surface area contributed by atoms with Crippen molar-refractivity contribution in [2.45, 2.75) is 37.3 Å². The molecule has 4 atom stereocenters. The Balaban J connectivity index is 3.37. The van der Waals surface area contributed by atoms with Gasteiger partial charge in [-0.2, -0.15) is 0 Å². The third kappa shape index (κ3) is 9.78. The van der Waals surface area contributed by atoms with Gasteiger partial charge in [0.15, 0.2) is 28.8 Å². The van der Waals surface area contributed by atoms with Gasteiger partial charge in [0, 0.05) is 26.1 Å². The van der Waals surface area contributed by atoms with E-state index in [-0.39, 0.29) is 55.5 Å². The molecule has 11 N–H and O–H groups in total. The van der Waals surface area contributed by atoms with Gasteiger partial charge < -0.3 is 56.8 Å². The number of aliphatic hydroxyl groups excluding tert-OH is 8. The predicted molar refractivity (Wildman–Crippen MR) is 117 cm³/mol. The summed E-state index contributed by atoms with van der Waals surface area (Å²) in [5.41, 5.74) is -0.661. The van der Waals surface area contributed by atoms with E-state index in [4.69, 9.17) is 20.4 Å². The highest BCUT2D eigenvalue weighted by molar-refractivity contribution is 6.02. The lowest BCUT2D eigenvalue weighted by molar-refractivity contribution is 0.0776. The first-order chi connectivity index (χ1) is 16.2. The van der Waals surface area contributed by atoms with Crippen LogP contribution in [0.1, 0.15) is 33.8 Å². The maximum absolute atomic E-state index is 12.8. The van der Waals surface area contributed by atoms with Gasteiger partial charge in [0.05, 0.1) is 50.8 Å². The highest BCUT2D eigenvalue weighted by atomic mass is 16.3. The van der Waals surface area contributed by atoms with Crippen LogP contribution in [0, 0.1) is 0 Å². The van der Waals surface area contributed by atoms with Gasteiger partial charge in [-0.05, 0) is 6.42 Å². The maximum Gasteiger partial charge on any atom is 0.273 e. The number of Topliss-reactive ketones (excluding diaryl/α,β-unsaturated/α-hetero) is 1. The van der Waals surface area contributed by atoms with Crippen molar-refractivity contribution in [2.24, 2.45) is 0 Å². The van der Waals surface area contributed by atoms with E-state index in [2.05, 4.69) is 25.9 Å². The van der Waals surface area contributed by atoms with Crippen LogP contribution in [0.25, 0.3) is 0 Å². The molecule has 0 aliphatic heterocycles.